The molecule has 2 N–H and O–H groups in total. The van der Waals surface area contributed by atoms with E-state index >= 15 is 0 Å². The number of fused-ring (bicyclic) bond motifs is 6. The minimum absolute atomic E-state index is 0.0247. The van der Waals surface area contributed by atoms with E-state index in [0.717, 1.165) is 176 Å². The molecule has 6 aromatic rings. The number of ether oxygens (including phenoxy) is 5. The minimum atomic E-state index is -4.63. The lowest BCUT2D eigenvalue weighted by Crippen LogP contribution is -2.44. The number of hydrogen-bond donors (Lipinski definition) is 2. The highest BCUT2D eigenvalue weighted by molar-refractivity contribution is 6.31. The lowest BCUT2D eigenvalue weighted by Gasteiger charge is -2.40. The number of para-hydroxylation sites is 1. The summed E-state index contributed by atoms with van der Waals surface area (Å²) < 4.78 is 64.5. The van der Waals surface area contributed by atoms with Crippen LogP contribution in [0, 0.1) is 49.4 Å². The van der Waals surface area contributed by atoms with Crippen molar-refractivity contribution in [3.8, 4) is 34.1 Å². The van der Waals surface area contributed by atoms with Crippen molar-refractivity contribution in [2.75, 3.05) is 113 Å². The molecule has 18 heteroatoms. The van der Waals surface area contributed by atoms with Gasteiger partial charge < -0.3 is 58.6 Å². The largest absolute Gasteiger partial charge is 0.573 e. The molecule has 13 fully saturated rings. The van der Waals surface area contributed by atoms with Gasteiger partial charge in [0.05, 0.1) is 21.3 Å². The van der Waals surface area contributed by atoms with Crippen molar-refractivity contribution in [3.05, 3.63) is 176 Å². The van der Waals surface area contributed by atoms with Gasteiger partial charge in [0.1, 0.15) is 23.0 Å². The SMILES string of the molecule is COc1ccc(-c2ccc(C(=O)NCCCO)cc2)cc1C1CCN(C2CCOCC2)CC1.COc1ccc(C)cc1C1CCN([C@H]2CCC[C@H]3CCC2C3)CC1.COc1ccc(Cl)cc1C1CCN(C2CCCCCC2)CC1.Cc1ccc(Cl)cc1C1CCN(C2CC[C@H]3CCC(C2)C3)CC1.FC(F)(F)Oc1ccccc1C1CCN([C@H]2C[C@H]3CCC2C3)CC1. The molecule has 9 atom stereocenters. The van der Waals surface area contributed by atoms with Crippen LogP contribution in [-0.2, 0) is 4.74 Å². The first kappa shape index (κ1) is 94.7. The van der Waals surface area contributed by atoms with Gasteiger partial charge in [-0.3, -0.25) is 4.79 Å². The number of halogens is 5. The minimum Gasteiger partial charge on any atom is -0.496 e. The Morgan fingerprint density at radius 3 is 1.48 bits per heavy atom. The first-order valence-electron chi connectivity index (χ1n) is 49.9. The quantitative estimate of drug-likeness (QED) is 0.0595. The summed E-state index contributed by atoms with van der Waals surface area (Å²) in [4.78, 5) is 25.9. The maximum atomic E-state index is 12.6. The van der Waals surface area contributed by atoms with Crippen molar-refractivity contribution in [2.24, 2.45) is 35.5 Å². The van der Waals surface area contributed by atoms with Gasteiger partial charge in [-0.15, -0.1) is 13.2 Å². The van der Waals surface area contributed by atoms with E-state index < -0.39 is 6.36 Å². The molecule has 7 saturated carbocycles. The standard InChI is InChI=1S/C27H36N2O4.C22H33NO.C21H30ClN.C19H28ClNO.C19H24F3NO/c1-32-26-8-7-23(20-3-5-22(6-4-20)27(31)28-13-2-16-30)19-25(26)21-9-14-29(15-10-21)24-11-17-33-18-12-24;1-16-6-9-22(24-2)20(14-16)18-10-12-23(13-11-18)21-5-3-4-17-7-8-19(21)15-17;1-15-2-6-19(22)14-21(15)18-8-10-23(11-9-18)20-7-5-16-3-4-17(12-16)13-20;1-22-19-9-8-16(20)14-18(19)15-10-12-21(13-11-15)17-6-4-2-3-5-7-17;20-19(21,22)24-18-4-2-1-3-16(18)14-7-9-23(10-8-14)17-12-13-5-6-15(17)11-13/h3-8,19,21,24,30H,2,9-18H2,1H3,(H,28,31);6,9,14,17-19,21H,3-5,7-8,10-13,15H2,1-2H3;2,6,14,16-18,20H,3-5,7-13H2,1H3;8-9,14-15,17H,2-7,10-13H2,1H3;1-4,13-15,17H,5-12H2/t;17-,19?,21-;16-,17?,20?;;13-,15?,17-/m.01.0/s1. The number of aliphatic hydroxyl groups excluding tert-OH is 1. The van der Waals surface area contributed by atoms with Gasteiger partial charge in [-0.1, -0.05) is 148 Å². The number of nitrogens with zero attached hydrogens (tertiary/aromatic N) is 5. The van der Waals surface area contributed by atoms with Gasteiger partial charge in [0.25, 0.3) is 5.91 Å². The van der Waals surface area contributed by atoms with Crippen LogP contribution in [0.25, 0.3) is 11.1 Å². The zero-order valence-corrected chi connectivity index (χ0v) is 78.5. The van der Waals surface area contributed by atoms with E-state index in [-0.39, 0.29) is 24.2 Å². The molecular weight excluding hydrogens is 1620 g/mol. The van der Waals surface area contributed by atoms with Gasteiger partial charge in [-0.25, -0.2) is 0 Å². The number of benzene rings is 6. The van der Waals surface area contributed by atoms with Crippen LogP contribution in [0.2, 0.25) is 10.0 Å². The average Bonchev–Trinajstić information content (AvgIpc) is 1.62. The van der Waals surface area contributed by atoms with Crippen LogP contribution < -0.4 is 24.3 Å². The molecule has 7 aliphatic carbocycles. The molecule has 0 spiro atoms. The van der Waals surface area contributed by atoms with Crippen LogP contribution in [0.1, 0.15) is 304 Å². The van der Waals surface area contributed by atoms with Crippen LogP contribution in [0.4, 0.5) is 13.2 Å². The highest BCUT2D eigenvalue weighted by Gasteiger charge is 2.45. The third kappa shape index (κ3) is 25.5. The molecule has 126 heavy (non-hydrogen) atoms. The Morgan fingerprint density at radius 1 is 0.413 bits per heavy atom. The number of likely N-dealkylation sites (tertiary alicyclic amines) is 5. The summed E-state index contributed by atoms with van der Waals surface area (Å²) in [6.07, 6.45) is 42.1. The van der Waals surface area contributed by atoms with E-state index in [1.807, 2.05) is 49.6 Å². The van der Waals surface area contributed by atoms with E-state index in [0.29, 0.717) is 53.8 Å². The maximum Gasteiger partial charge on any atom is 0.573 e. The van der Waals surface area contributed by atoms with Gasteiger partial charge in [0, 0.05) is 72.2 Å². The monoisotopic (exact) mass is 1770 g/mol. The Hall–Kier alpha value is -5.92. The highest BCUT2D eigenvalue weighted by atomic mass is 35.5. The van der Waals surface area contributed by atoms with Crippen molar-refractivity contribution < 1.29 is 46.8 Å². The molecule has 0 aromatic heterocycles. The van der Waals surface area contributed by atoms with Gasteiger partial charge in [-0.2, -0.15) is 0 Å². The fourth-order valence-electron chi connectivity index (χ4n) is 25.8. The summed E-state index contributed by atoms with van der Waals surface area (Å²) in [5.74, 6) is 11.5. The number of carbonyl (C=O) groups excluding carboxylic acids is 1. The molecule has 1 amide bonds. The Labute approximate surface area is 764 Å². The van der Waals surface area contributed by atoms with Crippen LogP contribution in [-0.4, -0.2) is 185 Å². The summed E-state index contributed by atoms with van der Waals surface area (Å²) in [6.45, 7) is 18.6. The van der Waals surface area contributed by atoms with Crippen LogP contribution in [0.3, 0.4) is 0 Å². The summed E-state index contributed by atoms with van der Waals surface area (Å²) in [5.41, 5.74) is 11.9. The third-order valence-electron chi connectivity index (χ3n) is 32.7. The predicted octanol–water partition coefficient (Wildman–Crippen LogP) is 25.0. The Morgan fingerprint density at radius 2 is 0.881 bits per heavy atom. The van der Waals surface area contributed by atoms with Crippen molar-refractivity contribution >= 4 is 29.1 Å². The summed E-state index contributed by atoms with van der Waals surface area (Å²) >= 11 is 12.4. The van der Waals surface area contributed by atoms with Gasteiger partial charge in [0.15, 0.2) is 0 Å². The molecular formula is C108H151Cl2F3N6O7. The second-order valence-electron chi connectivity index (χ2n) is 40.3. The van der Waals surface area contributed by atoms with Gasteiger partial charge in [0.2, 0.25) is 0 Å². The zero-order chi connectivity index (χ0) is 87.5. The van der Waals surface area contributed by atoms with Crippen molar-refractivity contribution in [3.63, 3.8) is 0 Å². The number of rotatable bonds is 19. The molecule has 6 bridgehead atoms. The highest BCUT2D eigenvalue weighted by Crippen LogP contribution is 2.51. The maximum absolute atomic E-state index is 12.6. The molecule has 13 aliphatic rings. The average molecular weight is 1770 g/mol. The second kappa shape index (κ2) is 46.4. The Balaban J connectivity index is 0.000000122. The summed E-state index contributed by atoms with van der Waals surface area (Å²) in [5, 5.41) is 13.4. The number of methoxy groups -OCH3 is 3. The summed E-state index contributed by atoms with van der Waals surface area (Å²) in [7, 11) is 5.32. The van der Waals surface area contributed by atoms with E-state index in [1.165, 1.54) is 258 Å². The lowest BCUT2D eigenvalue weighted by atomic mass is 9.85. The molecule has 19 rings (SSSR count). The first-order chi connectivity index (χ1) is 61.4. The predicted molar refractivity (Wildman–Crippen MR) is 507 cm³/mol. The number of piperidine rings is 5. The topological polar surface area (TPSA) is 112 Å². The third-order valence-corrected chi connectivity index (χ3v) is 33.2. The van der Waals surface area contributed by atoms with Gasteiger partial charge >= 0.3 is 6.36 Å². The number of carbonyl (C=O) groups is 1. The lowest BCUT2D eigenvalue weighted by molar-refractivity contribution is -0.275. The zero-order valence-electron chi connectivity index (χ0n) is 77.0. The van der Waals surface area contributed by atoms with Crippen molar-refractivity contribution in [1.82, 2.24) is 29.8 Å². The fourth-order valence-corrected chi connectivity index (χ4v) is 26.2. The summed E-state index contributed by atoms with van der Waals surface area (Å²) in [6, 6.07) is 43.9. The second-order valence-corrected chi connectivity index (χ2v) is 41.2. The van der Waals surface area contributed by atoms with Gasteiger partial charge in [-0.05, 0) is 416 Å². The molecule has 6 aromatic carbocycles. The van der Waals surface area contributed by atoms with E-state index in [4.69, 9.17) is 47.3 Å². The molecule has 6 heterocycles. The van der Waals surface area contributed by atoms with Crippen molar-refractivity contribution in [2.45, 2.75) is 305 Å². The number of amides is 1. The van der Waals surface area contributed by atoms with Crippen molar-refractivity contribution in [1.29, 1.82) is 0 Å². The van der Waals surface area contributed by atoms with E-state index in [1.54, 1.807) is 32.4 Å². The molecule has 690 valence electrons. The van der Waals surface area contributed by atoms with Crippen LogP contribution in [0.15, 0.2) is 121 Å². The first-order valence-corrected chi connectivity index (χ1v) is 50.7. The molecule has 4 unspecified atom stereocenters. The van der Waals surface area contributed by atoms with E-state index in [2.05, 4.69) is 103 Å². The Bertz CT molecular complexity index is 4330. The van der Waals surface area contributed by atoms with E-state index in [9.17, 15) is 18.0 Å². The number of aryl methyl sites for hydroxylation is 2. The molecule has 6 saturated heterocycles. The number of aliphatic hydroxyl groups is 1. The van der Waals surface area contributed by atoms with Crippen LogP contribution >= 0.6 is 23.2 Å². The van der Waals surface area contributed by atoms with Crippen LogP contribution in [0.5, 0.6) is 23.0 Å². The molecule has 0 radical (unpaired) electrons. The smallest absolute Gasteiger partial charge is 0.496 e. The fraction of sp³-hybridized carbons (Fsp3) is 0.657. The Kier molecular flexibility index (Phi) is 34.9. The number of hydrogen-bond acceptors (Lipinski definition) is 12. The normalized spacial score (nSPS) is 26.8. The molecule has 6 aliphatic heterocycles. The molecule has 13 nitrogen and oxygen atoms in total. The number of nitrogens with one attached hydrogen (secondary N) is 1. The number of alkyl halides is 3.